The van der Waals surface area contributed by atoms with E-state index in [4.69, 9.17) is 0 Å². The Balaban J connectivity index is 1.84. The Kier molecular flexibility index (Phi) is 3.55. The van der Waals surface area contributed by atoms with Crippen molar-refractivity contribution in [2.75, 3.05) is 0 Å². The predicted molar refractivity (Wildman–Crippen MR) is 71.4 cm³/mol. The minimum atomic E-state index is -0.361. The number of hydrogen-bond acceptors (Lipinski definition) is 4. The molecule has 3 rings (SSSR count). The summed E-state index contributed by atoms with van der Waals surface area (Å²) in [4.78, 5) is 1.60. The van der Waals surface area contributed by atoms with Gasteiger partial charge in [-0.3, -0.25) is 0 Å². The summed E-state index contributed by atoms with van der Waals surface area (Å²) in [5, 5.41) is 22.8. The highest BCUT2D eigenvalue weighted by atomic mass is 16.3. The lowest BCUT2D eigenvalue weighted by molar-refractivity contribution is 0.0905. The van der Waals surface area contributed by atoms with Gasteiger partial charge in [-0.05, 0) is 18.1 Å². The molecule has 0 aliphatic heterocycles. The highest BCUT2D eigenvalue weighted by Crippen LogP contribution is 2.26. The lowest BCUT2D eigenvalue weighted by Crippen LogP contribution is -2.25. The average molecular weight is 258 g/mol. The molecule has 0 amide bonds. The van der Waals surface area contributed by atoms with E-state index in [2.05, 4.69) is 15.4 Å². The minimum absolute atomic E-state index is 0.0348. The van der Waals surface area contributed by atoms with Crippen LogP contribution in [0.2, 0.25) is 0 Å². The molecule has 5 nitrogen and oxygen atoms in total. The van der Waals surface area contributed by atoms with Crippen molar-refractivity contribution in [1.82, 2.24) is 20.2 Å². The van der Waals surface area contributed by atoms with Gasteiger partial charge in [0.25, 0.3) is 0 Å². The lowest BCUT2D eigenvalue weighted by atomic mass is 10.1. The van der Waals surface area contributed by atoms with Crippen LogP contribution < -0.4 is 0 Å². The molecule has 0 radical (unpaired) electrons. The van der Waals surface area contributed by atoms with Crippen molar-refractivity contribution >= 4 is 0 Å². The van der Waals surface area contributed by atoms with Crippen molar-refractivity contribution in [2.45, 2.75) is 44.2 Å². The molecule has 19 heavy (non-hydrogen) atoms. The van der Waals surface area contributed by atoms with E-state index in [9.17, 15) is 5.11 Å². The van der Waals surface area contributed by atoms with Crippen molar-refractivity contribution in [3.05, 3.63) is 30.3 Å². The molecule has 1 aromatic heterocycles. The third kappa shape index (κ3) is 2.66. The first kappa shape index (κ1) is 12.3. The SMILES string of the molecule is OC1CCCCCC1n1nnc(-c2ccccc2)n1. The molecule has 100 valence electrons. The molecule has 0 saturated heterocycles. The highest BCUT2D eigenvalue weighted by Gasteiger charge is 2.25. The van der Waals surface area contributed by atoms with Gasteiger partial charge in [0.1, 0.15) is 0 Å². The molecule has 0 bridgehead atoms. The van der Waals surface area contributed by atoms with Crippen LogP contribution in [0.15, 0.2) is 30.3 Å². The number of rotatable bonds is 2. The molecule has 2 unspecified atom stereocenters. The summed E-state index contributed by atoms with van der Waals surface area (Å²) in [5.41, 5.74) is 0.955. The van der Waals surface area contributed by atoms with Crippen molar-refractivity contribution in [3.63, 3.8) is 0 Å². The molecule has 2 aromatic rings. The van der Waals surface area contributed by atoms with Crippen LogP contribution in [0.25, 0.3) is 11.4 Å². The van der Waals surface area contributed by atoms with Crippen LogP contribution in [0.3, 0.4) is 0 Å². The maximum atomic E-state index is 10.2. The Morgan fingerprint density at radius 2 is 1.84 bits per heavy atom. The highest BCUT2D eigenvalue weighted by molar-refractivity contribution is 5.52. The summed E-state index contributed by atoms with van der Waals surface area (Å²) in [6.07, 6.45) is 4.76. The predicted octanol–water partition coefficient (Wildman–Crippen LogP) is 2.21. The average Bonchev–Trinajstić information content (AvgIpc) is 2.83. The quantitative estimate of drug-likeness (QED) is 0.839. The van der Waals surface area contributed by atoms with Gasteiger partial charge in [-0.1, -0.05) is 49.6 Å². The summed E-state index contributed by atoms with van der Waals surface area (Å²) < 4.78 is 0. The smallest absolute Gasteiger partial charge is 0.204 e. The molecule has 1 aromatic carbocycles. The molecular formula is C14H18N4O. The molecule has 5 heteroatoms. The summed E-state index contributed by atoms with van der Waals surface area (Å²) >= 11 is 0. The first-order valence-corrected chi connectivity index (χ1v) is 6.87. The summed E-state index contributed by atoms with van der Waals surface area (Å²) in [7, 11) is 0. The number of aromatic nitrogens is 4. The first-order chi connectivity index (χ1) is 9.34. The molecule has 1 saturated carbocycles. The van der Waals surface area contributed by atoms with Gasteiger partial charge in [0.15, 0.2) is 0 Å². The van der Waals surface area contributed by atoms with E-state index in [1.807, 2.05) is 30.3 Å². The Morgan fingerprint density at radius 1 is 1.05 bits per heavy atom. The fraction of sp³-hybridized carbons (Fsp3) is 0.500. The number of tetrazole rings is 1. The van der Waals surface area contributed by atoms with E-state index in [1.165, 1.54) is 6.42 Å². The molecule has 1 aliphatic rings. The van der Waals surface area contributed by atoms with Crippen LogP contribution in [-0.4, -0.2) is 31.4 Å². The van der Waals surface area contributed by atoms with Crippen LogP contribution in [-0.2, 0) is 0 Å². The molecule has 1 N–H and O–H groups in total. The fourth-order valence-corrected chi connectivity index (χ4v) is 2.61. The van der Waals surface area contributed by atoms with Crippen LogP contribution in [0.4, 0.5) is 0 Å². The molecule has 1 aliphatic carbocycles. The summed E-state index contributed by atoms with van der Waals surface area (Å²) in [5.74, 6) is 0.622. The van der Waals surface area contributed by atoms with Gasteiger partial charge in [-0.25, -0.2) is 0 Å². The lowest BCUT2D eigenvalue weighted by Gasteiger charge is -2.18. The zero-order chi connectivity index (χ0) is 13.1. The van der Waals surface area contributed by atoms with Crippen LogP contribution in [0.1, 0.15) is 38.1 Å². The largest absolute Gasteiger partial charge is 0.391 e. The number of aliphatic hydroxyl groups excluding tert-OH is 1. The Bertz CT molecular complexity index is 525. The van der Waals surface area contributed by atoms with Gasteiger partial charge in [0.2, 0.25) is 5.82 Å². The van der Waals surface area contributed by atoms with Crippen molar-refractivity contribution in [1.29, 1.82) is 0 Å². The zero-order valence-corrected chi connectivity index (χ0v) is 10.8. The maximum absolute atomic E-state index is 10.2. The van der Waals surface area contributed by atoms with Gasteiger partial charge < -0.3 is 5.11 Å². The van der Waals surface area contributed by atoms with Crippen molar-refractivity contribution in [2.24, 2.45) is 0 Å². The Morgan fingerprint density at radius 3 is 2.68 bits per heavy atom. The normalized spacial score (nSPS) is 24.1. The molecule has 2 atom stereocenters. The van der Waals surface area contributed by atoms with E-state index in [-0.39, 0.29) is 12.1 Å². The monoisotopic (exact) mass is 258 g/mol. The van der Waals surface area contributed by atoms with Crippen molar-refractivity contribution in [3.8, 4) is 11.4 Å². The fourth-order valence-electron chi connectivity index (χ4n) is 2.61. The van der Waals surface area contributed by atoms with E-state index in [0.717, 1.165) is 31.2 Å². The van der Waals surface area contributed by atoms with E-state index in [0.29, 0.717) is 5.82 Å². The second-order valence-electron chi connectivity index (χ2n) is 5.07. The third-order valence-corrected chi connectivity index (χ3v) is 3.70. The van der Waals surface area contributed by atoms with E-state index in [1.54, 1.807) is 4.80 Å². The number of nitrogens with zero attached hydrogens (tertiary/aromatic N) is 4. The van der Waals surface area contributed by atoms with Gasteiger partial charge in [-0.2, -0.15) is 4.80 Å². The minimum Gasteiger partial charge on any atom is -0.391 e. The van der Waals surface area contributed by atoms with Gasteiger partial charge in [0.05, 0.1) is 12.1 Å². The molecule has 0 spiro atoms. The maximum Gasteiger partial charge on any atom is 0.204 e. The van der Waals surface area contributed by atoms with Crippen LogP contribution >= 0.6 is 0 Å². The Hall–Kier alpha value is -1.75. The standard InChI is InChI=1S/C14H18N4O/c19-13-10-6-2-5-9-12(13)18-16-14(15-17-18)11-7-3-1-4-8-11/h1,3-4,7-8,12-13,19H,2,5-6,9-10H2. The zero-order valence-electron chi connectivity index (χ0n) is 10.8. The molecule has 1 heterocycles. The topological polar surface area (TPSA) is 63.8 Å². The second kappa shape index (κ2) is 5.48. The number of aliphatic hydroxyl groups is 1. The van der Waals surface area contributed by atoms with E-state index >= 15 is 0 Å². The van der Waals surface area contributed by atoms with Gasteiger partial charge >= 0.3 is 0 Å². The summed E-state index contributed by atoms with van der Waals surface area (Å²) in [6.45, 7) is 0. The van der Waals surface area contributed by atoms with Crippen LogP contribution in [0, 0.1) is 0 Å². The van der Waals surface area contributed by atoms with Gasteiger partial charge in [-0.15, -0.1) is 10.2 Å². The summed E-state index contributed by atoms with van der Waals surface area (Å²) in [6, 6.07) is 9.76. The Labute approximate surface area is 112 Å². The molecular weight excluding hydrogens is 240 g/mol. The third-order valence-electron chi connectivity index (χ3n) is 3.70. The second-order valence-corrected chi connectivity index (χ2v) is 5.07. The van der Waals surface area contributed by atoms with Crippen molar-refractivity contribution < 1.29 is 5.11 Å². The van der Waals surface area contributed by atoms with Gasteiger partial charge in [0, 0.05) is 5.56 Å². The van der Waals surface area contributed by atoms with Crippen LogP contribution in [0.5, 0.6) is 0 Å². The first-order valence-electron chi connectivity index (χ1n) is 6.87. The molecule has 1 fully saturated rings. The number of benzene rings is 1. The van der Waals surface area contributed by atoms with E-state index < -0.39 is 0 Å². The number of hydrogen-bond donors (Lipinski definition) is 1.